The van der Waals surface area contributed by atoms with Crippen LogP contribution in [0.25, 0.3) is 0 Å². The van der Waals surface area contributed by atoms with Crippen molar-refractivity contribution in [3.05, 3.63) is 48.3 Å². The molecular formula is C18H23N3O2S. The molecule has 1 aliphatic rings. The van der Waals surface area contributed by atoms with Crippen LogP contribution in [0, 0.1) is 6.92 Å². The lowest BCUT2D eigenvalue weighted by Gasteiger charge is -2.13. The number of aliphatic hydroxyl groups excluding tert-OH is 1. The first kappa shape index (κ1) is 17.0. The van der Waals surface area contributed by atoms with Crippen molar-refractivity contribution in [2.24, 2.45) is 0 Å². The van der Waals surface area contributed by atoms with Gasteiger partial charge in [-0.15, -0.1) is 16.8 Å². The van der Waals surface area contributed by atoms with Crippen LogP contribution in [0.3, 0.4) is 0 Å². The molecule has 1 aliphatic carbocycles. The minimum absolute atomic E-state index is 0.265. The van der Waals surface area contributed by atoms with Crippen LogP contribution in [-0.4, -0.2) is 38.3 Å². The lowest BCUT2D eigenvalue weighted by Crippen LogP contribution is -2.20. The monoisotopic (exact) mass is 345 g/mol. The highest BCUT2D eigenvalue weighted by Crippen LogP contribution is 2.40. The van der Waals surface area contributed by atoms with Gasteiger partial charge in [-0.2, -0.15) is 0 Å². The predicted octanol–water partition coefficient (Wildman–Crippen LogP) is 3.18. The van der Waals surface area contributed by atoms with E-state index in [0.29, 0.717) is 18.2 Å². The van der Waals surface area contributed by atoms with Crippen molar-refractivity contribution < 1.29 is 9.84 Å². The maximum atomic E-state index is 10.2. The van der Waals surface area contributed by atoms with Crippen LogP contribution in [-0.2, 0) is 6.54 Å². The number of aromatic nitrogens is 3. The molecule has 2 aromatic rings. The number of hydrogen-bond acceptors (Lipinski definition) is 5. The van der Waals surface area contributed by atoms with Crippen LogP contribution in [0.15, 0.2) is 42.1 Å². The van der Waals surface area contributed by atoms with Crippen LogP contribution in [0.2, 0.25) is 0 Å². The highest BCUT2D eigenvalue weighted by Gasteiger charge is 2.30. The number of rotatable bonds is 9. The molecule has 1 N–H and O–H groups in total. The Morgan fingerprint density at radius 3 is 3.00 bits per heavy atom. The van der Waals surface area contributed by atoms with Gasteiger partial charge in [-0.25, -0.2) is 0 Å². The zero-order valence-electron chi connectivity index (χ0n) is 13.9. The Balaban J connectivity index is 1.52. The Morgan fingerprint density at radius 2 is 2.29 bits per heavy atom. The lowest BCUT2D eigenvalue weighted by atomic mass is 10.2. The molecule has 1 aromatic carbocycles. The fraction of sp³-hybridized carbons (Fsp3) is 0.444. The third kappa shape index (κ3) is 4.39. The van der Waals surface area contributed by atoms with Gasteiger partial charge in [-0.05, 0) is 37.5 Å². The molecule has 1 aromatic heterocycles. The number of nitrogens with zero attached hydrogens (tertiary/aromatic N) is 3. The lowest BCUT2D eigenvalue weighted by molar-refractivity contribution is 0.126. The number of aryl methyl sites for hydroxylation is 1. The zero-order valence-corrected chi connectivity index (χ0v) is 14.7. The van der Waals surface area contributed by atoms with E-state index in [-0.39, 0.29) is 6.61 Å². The van der Waals surface area contributed by atoms with E-state index in [1.54, 1.807) is 0 Å². The SMILES string of the molecule is C=CCn1c(SCC(O)COc2cccc(C)c2)nnc1C1CC1. The van der Waals surface area contributed by atoms with E-state index in [4.69, 9.17) is 4.74 Å². The van der Waals surface area contributed by atoms with Crippen molar-refractivity contribution in [1.82, 2.24) is 14.8 Å². The predicted molar refractivity (Wildman–Crippen MR) is 95.6 cm³/mol. The molecule has 0 bridgehead atoms. The van der Waals surface area contributed by atoms with E-state index in [1.807, 2.05) is 37.3 Å². The molecule has 1 unspecified atom stereocenters. The number of thioether (sulfide) groups is 1. The fourth-order valence-corrected chi connectivity index (χ4v) is 3.33. The fourth-order valence-electron chi connectivity index (χ4n) is 2.47. The molecule has 5 nitrogen and oxygen atoms in total. The molecule has 1 heterocycles. The molecule has 1 saturated carbocycles. The summed E-state index contributed by atoms with van der Waals surface area (Å²) in [7, 11) is 0. The first-order chi connectivity index (χ1) is 11.7. The van der Waals surface area contributed by atoms with Gasteiger partial charge in [0.2, 0.25) is 0 Å². The van der Waals surface area contributed by atoms with Crippen molar-refractivity contribution in [2.45, 2.75) is 43.5 Å². The van der Waals surface area contributed by atoms with E-state index in [0.717, 1.165) is 22.3 Å². The van der Waals surface area contributed by atoms with E-state index in [2.05, 4.69) is 21.3 Å². The Labute approximate surface area is 146 Å². The van der Waals surface area contributed by atoms with E-state index in [1.165, 1.54) is 24.6 Å². The summed E-state index contributed by atoms with van der Waals surface area (Å²) in [6, 6.07) is 7.82. The Morgan fingerprint density at radius 1 is 1.46 bits per heavy atom. The molecular weight excluding hydrogens is 322 g/mol. The molecule has 0 spiro atoms. The van der Waals surface area contributed by atoms with Gasteiger partial charge < -0.3 is 14.4 Å². The first-order valence-corrected chi connectivity index (χ1v) is 9.20. The third-order valence-electron chi connectivity index (χ3n) is 3.84. The maximum absolute atomic E-state index is 10.2. The van der Waals surface area contributed by atoms with Crippen molar-refractivity contribution in [2.75, 3.05) is 12.4 Å². The minimum Gasteiger partial charge on any atom is -0.491 e. The summed E-state index contributed by atoms with van der Waals surface area (Å²) < 4.78 is 7.75. The van der Waals surface area contributed by atoms with Gasteiger partial charge >= 0.3 is 0 Å². The second-order valence-electron chi connectivity index (χ2n) is 6.11. The zero-order chi connectivity index (χ0) is 16.9. The van der Waals surface area contributed by atoms with Gasteiger partial charge in [-0.3, -0.25) is 0 Å². The molecule has 0 saturated heterocycles. The van der Waals surface area contributed by atoms with Gasteiger partial charge in [-0.1, -0.05) is 30.0 Å². The molecule has 0 radical (unpaired) electrons. The maximum Gasteiger partial charge on any atom is 0.191 e. The van der Waals surface area contributed by atoms with E-state index < -0.39 is 6.10 Å². The van der Waals surface area contributed by atoms with Gasteiger partial charge in [0.25, 0.3) is 0 Å². The topological polar surface area (TPSA) is 60.2 Å². The largest absolute Gasteiger partial charge is 0.491 e. The quantitative estimate of drug-likeness (QED) is 0.559. The van der Waals surface area contributed by atoms with Crippen molar-refractivity contribution in [3.8, 4) is 5.75 Å². The van der Waals surface area contributed by atoms with Gasteiger partial charge in [0.1, 0.15) is 18.2 Å². The summed E-state index contributed by atoms with van der Waals surface area (Å²) in [5.41, 5.74) is 1.14. The summed E-state index contributed by atoms with van der Waals surface area (Å²) in [6.07, 6.45) is 3.67. The Bertz CT molecular complexity index is 697. The van der Waals surface area contributed by atoms with E-state index in [9.17, 15) is 5.11 Å². The number of ether oxygens (including phenoxy) is 1. The minimum atomic E-state index is -0.561. The third-order valence-corrected chi connectivity index (χ3v) is 4.95. The van der Waals surface area contributed by atoms with Crippen LogP contribution in [0.4, 0.5) is 0 Å². The van der Waals surface area contributed by atoms with E-state index >= 15 is 0 Å². The molecule has 1 fully saturated rings. The number of benzene rings is 1. The molecule has 0 amide bonds. The standard InChI is InChI=1S/C18H23N3O2S/c1-3-9-21-17(14-7-8-14)19-20-18(21)24-12-15(22)11-23-16-6-4-5-13(2)10-16/h3-6,10,14-15,22H,1,7-9,11-12H2,2H3. The van der Waals surface area contributed by atoms with Crippen molar-refractivity contribution >= 4 is 11.8 Å². The normalized spacial score (nSPS) is 15.2. The number of allylic oxidation sites excluding steroid dienone is 1. The van der Waals surface area contributed by atoms with Gasteiger partial charge in [0.05, 0.1) is 6.10 Å². The summed E-state index contributed by atoms with van der Waals surface area (Å²) in [5.74, 6) is 2.89. The Hall–Kier alpha value is -1.79. The summed E-state index contributed by atoms with van der Waals surface area (Å²) in [6.45, 7) is 6.80. The Kier molecular flexibility index (Phi) is 5.58. The molecule has 3 rings (SSSR count). The van der Waals surface area contributed by atoms with Crippen LogP contribution < -0.4 is 4.74 Å². The van der Waals surface area contributed by atoms with Crippen LogP contribution >= 0.6 is 11.8 Å². The molecule has 128 valence electrons. The summed E-state index contributed by atoms with van der Waals surface area (Å²) in [4.78, 5) is 0. The second kappa shape index (κ2) is 7.85. The van der Waals surface area contributed by atoms with Gasteiger partial charge in [0.15, 0.2) is 5.16 Å². The van der Waals surface area contributed by atoms with Crippen LogP contribution in [0.5, 0.6) is 5.75 Å². The molecule has 1 atom stereocenters. The number of hydrogen-bond donors (Lipinski definition) is 1. The number of aliphatic hydroxyl groups is 1. The molecule has 24 heavy (non-hydrogen) atoms. The van der Waals surface area contributed by atoms with Crippen molar-refractivity contribution in [1.29, 1.82) is 0 Å². The highest BCUT2D eigenvalue weighted by molar-refractivity contribution is 7.99. The van der Waals surface area contributed by atoms with Crippen molar-refractivity contribution in [3.63, 3.8) is 0 Å². The summed E-state index contributed by atoms with van der Waals surface area (Å²) in [5, 5.41) is 19.6. The summed E-state index contributed by atoms with van der Waals surface area (Å²) >= 11 is 1.51. The molecule has 0 aliphatic heterocycles. The smallest absolute Gasteiger partial charge is 0.191 e. The van der Waals surface area contributed by atoms with Crippen LogP contribution in [0.1, 0.15) is 30.1 Å². The average Bonchev–Trinajstić information content (AvgIpc) is 3.34. The average molecular weight is 345 g/mol. The second-order valence-corrected chi connectivity index (χ2v) is 7.09. The van der Waals surface area contributed by atoms with Gasteiger partial charge in [0, 0.05) is 18.2 Å². The highest BCUT2D eigenvalue weighted by atomic mass is 32.2. The first-order valence-electron chi connectivity index (χ1n) is 8.21. The molecule has 6 heteroatoms.